The summed E-state index contributed by atoms with van der Waals surface area (Å²) >= 11 is 3.31. The molecule has 0 aliphatic carbocycles. The molecule has 6 heteroatoms. The molecule has 0 spiro atoms. The van der Waals surface area contributed by atoms with E-state index in [1.165, 1.54) is 7.11 Å². The van der Waals surface area contributed by atoms with Gasteiger partial charge in [-0.3, -0.25) is 0 Å². The largest absolute Gasteiger partial charge is 0.464 e. The number of H-pyrrole nitrogens is 1. The molecule has 2 rings (SSSR count). The van der Waals surface area contributed by atoms with E-state index in [1.54, 1.807) is 6.07 Å². The molecule has 18 heavy (non-hydrogen) atoms. The molecule has 1 N–H and O–H groups in total. The van der Waals surface area contributed by atoms with Crippen LogP contribution in [-0.2, 0) is 11.2 Å². The third-order valence-electron chi connectivity index (χ3n) is 2.62. The molecule has 0 unspecified atom stereocenters. The number of pyridine rings is 1. The minimum absolute atomic E-state index is 0.249. The highest BCUT2D eigenvalue weighted by Gasteiger charge is 2.15. The summed E-state index contributed by atoms with van der Waals surface area (Å²) in [5.41, 5.74) is 1.61. The van der Waals surface area contributed by atoms with Gasteiger partial charge in [0.1, 0.15) is 5.82 Å². The number of imidazole rings is 1. The zero-order valence-corrected chi connectivity index (χ0v) is 11.9. The van der Waals surface area contributed by atoms with Crippen LogP contribution in [0, 0.1) is 0 Å². The van der Waals surface area contributed by atoms with Crippen molar-refractivity contribution in [2.24, 2.45) is 0 Å². The number of nitrogens with one attached hydrogen (secondary N) is 1. The van der Waals surface area contributed by atoms with Crippen LogP contribution in [-0.4, -0.2) is 28.0 Å². The van der Waals surface area contributed by atoms with Crippen LogP contribution in [0.5, 0.6) is 0 Å². The Morgan fingerprint density at radius 3 is 2.94 bits per heavy atom. The zero-order valence-electron chi connectivity index (χ0n) is 10.3. The number of unbranched alkanes of at least 4 members (excludes halogenated alkanes) is 1. The van der Waals surface area contributed by atoms with Gasteiger partial charge in [-0.15, -0.1) is 0 Å². The topological polar surface area (TPSA) is 67.9 Å². The summed E-state index contributed by atoms with van der Waals surface area (Å²) in [4.78, 5) is 23.3. The number of nitrogens with zero attached hydrogens (tertiary/aromatic N) is 2. The number of aromatic amines is 1. The average molecular weight is 312 g/mol. The minimum atomic E-state index is -0.470. The van der Waals surface area contributed by atoms with Gasteiger partial charge in [0.05, 0.1) is 17.1 Å². The number of carbonyl (C=O) groups excluding carboxylic acids is 1. The first-order valence-electron chi connectivity index (χ1n) is 5.79. The monoisotopic (exact) mass is 311 g/mol. The highest BCUT2D eigenvalue weighted by Crippen LogP contribution is 2.21. The number of hydrogen-bond donors (Lipinski definition) is 1. The van der Waals surface area contributed by atoms with Crippen molar-refractivity contribution in [3.05, 3.63) is 22.1 Å². The van der Waals surface area contributed by atoms with E-state index < -0.39 is 5.97 Å². The van der Waals surface area contributed by atoms with Crippen molar-refractivity contribution in [1.29, 1.82) is 0 Å². The number of aromatic nitrogens is 3. The Kier molecular flexibility index (Phi) is 3.96. The van der Waals surface area contributed by atoms with E-state index in [0.717, 1.165) is 30.6 Å². The van der Waals surface area contributed by atoms with Gasteiger partial charge in [0.15, 0.2) is 11.3 Å². The Hall–Kier alpha value is -1.43. The van der Waals surface area contributed by atoms with Crippen LogP contribution in [0.2, 0.25) is 0 Å². The maximum atomic E-state index is 11.5. The molecule has 0 aliphatic rings. The van der Waals surface area contributed by atoms with E-state index in [9.17, 15) is 4.79 Å². The Bertz CT molecular complexity index is 580. The molecule has 0 radical (unpaired) electrons. The van der Waals surface area contributed by atoms with Gasteiger partial charge < -0.3 is 9.72 Å². The summed E-state index contributed by atoms with van der Waals surface area (Å²) in [6, 6.07) is 1.80. The fourth-order valence-corrected chi connectivity index (χ4v) is 2.15. The van der Waals surface area contributed by atoms with Crippen LogP contribution >= 0.6 is 15.9 Å². The molecule has 0 aromatic carbocycles. The van der Waals surface area contributed by atoms with E-state index in [0.29, 0.717) is 10.1 Å². The minimum Gasteiger partial charge on any atom is -0.464 e. The van der Waals surface area contributed by atoms with Crippen molar-refractivity contribution in [1.82, 2.24) is 15.0 Å². The molecule has 96 valence electrons. The molecule has 0 aliphatic heterocycles. The average Bonchev–Trinajstić information content (AvgIpc) is 2.76. The number of ether oxygens (including phenoxy) is 1. The Morgan fingerprint density at radius 2 is 2.28 bits per heavy atom. The quantitative estimate of drug-likeness (QED) is 0.882. The van der Waals surface area contributed by atoms with Crippen LogP contribution in [0.3, 0.4) is 0 Å². The Labute approximate surface area is 113 Å². The van der Waals surface area contributed by atoms with Gasteiger partial charge in [0.25, 0.3) is 0 Å². The highest BCUT2D eigenvalue weighted by atomic mass is 79.9. The number of rotatable bonds is 4. The molecule has 0 fully saturated rings. The molecule has 2 heterocycles. The van der Waals surface area contributed by atoms with Crippen molar-refractivity contribution < 1.29 is 9.53 Å². The molecule has 2 aromatic rings. The zero-order chi connectivity index (χ0) is 13.1. The summed E-state index contributed by atoms with van der Waals surface area (Å²) in [5.74, 6) is 0.426. The van der Waals surface area contributed by atoms with Crippen molar-refractivity contribution in [3.8, 4) is 0 Å². The maximum Gasteiger partial charge on any atom is 0.357 e. The summed E-state index contributed by atoms with van der Waals surface area (Å²) in [6.07, 6.45) is 3.07. The van der Waals surface area contributed by atoms with E-state index in [4.69, 9.17) is 0 Å². The molecular formula is C12H14BrN3O2. The molecule has 5 nitrogen and oxygen atoms in total. The van der Waals surface area contributed by atoms with Crippen LogP contribution < -0.4 is 0 Å². The first-order valence-corrected chi connectivity index (χ1v) is 6.58. The van der Waals surface area contributed by atoms with Crippen molar-refractivity contribution >= 4 is 33.1 Å². The number of halogens is 1. The fourth-order valence-electron chi connectivity index (χ4n) is 1.67. The lowest BCUT2D eigenvalue weighted by molar-refractivity contribution is 0.0593. The second-order valence-corrected chi connectivity index (χ2v) is 4.82. The lowest BCUT2D eigenvalue weighted by Gasteiger charge is -2.00. The molecule has 0 amide bonds. The predicted octanol–water partition coefficient (Wildman–Crippen LogP) is 2.85. The smallest absolute Gasteiger partial charge is 0.357 e. The molecule has 2 aromatic heterocycles. The third kappa shape index (κ3) is 2.53. The normalized spacial score (nSPS) is 10.8. The Morgan fingerprint density at radius 1 is 1.50 bits per heavy atom. The van der Waals surface area contributed by atoms with Gasteiger partial charge in [-0.25, -0.2) is 14.8 Å². The number of methoxy groups -OCH3 is 1. The molecule has 0 saturated carbocycles. The van der Waals surface area contributed by atoms with Gasteiger partial charge in [-0.05, 0) is 28.4 Å². The van der Waals surface area contributed by atoms with Crippen molar-refractivity contribution in [2.75, 3.05) is 7.11 Å². The second-order valence-electron chi connectivity index (χ2n) is 3.97. The predicted molar refractivity (Wildman–Crippen MR) is 71.5 cm³/mol. The van der Waals surface area contributed by atoms with Gasteiger partial charge in [-0.1, -0.05) is 13.3 Å². The third-order valence-corrected chi connectivity index (χ3v) is 3.23. The summed E-state index contributed by atoms with van der Waals surface area (Å²) in [6.45, 7) is 2.13. The molecular weight excluding hydrogens is 298 g/mol. The van der Waals surface area contributed by atoms with Crippen molar-refractivity contribution in [2.45, 2.75) is 26.2 Å². The second kappa shape index (κ2) is 5.48. The molecule has 0 atom stereocenters. The number of hydrogen-bond acceptors (Lipinski definition) is 4. The molecule has 0 bridgehead atoms. The SMILES string of the molecule is CCCCc1nc2nc(C(=O)OC)c(Br)cc2[nH]1. The number of aryl methyl sites for hydroxylation is 1. The number of fused-ring (bicyclic) bond motifs is 1. The van der Waals surface area contributed by atoms with Gasteiger partial charge >= 0.3 is 5.97 Å². The standard InChI is InChI=1S/C12H14BrN3O2/c1-3-4-5-9-14-8-6-7(13)10(12(17)18-2)16-11(8)15-9/h6H,3-5H2,1-2H3,(H,14,15,16). The summed E-state index contributed by atoms with van der Waals surface area (Å²) < 4.78 is 5.27. The lowest BCUT2D eigenvalue weighted by Crippen LogP contribution is -2.05. The maximum absolute atomic E-state index is 11.5. The summed E-state index contributed by atoms with van der Waals surface area (Å²) in [7, 11) is 1.33. The number of esters is 1. The van der Waals surface area contributed by atoms with Gasteiger partial charge in [-0.2, -0.15) is 0 Å². The van der Waals surface area contributed by atoms with Gasteiger partial charge in [0, 0.05) is 6.42 Å². The van der Waals surface area contributed by atoms with Crippen LogP contribution in [0.4, 0.5) is 0 Å². The van der Waals surface area contributed by atoms with Crippen LogP contribution in [0.15, 0.2) is 10.5 Å². The highest BCUT2D eigenvalue weighted by molar-refractivity contribution is 9.10. The van der Waals surface area contributed by atoms with Gasteiger partial charge in [0.2, 0.25) is 0 Å². The summed E-state index contributed by atoms with van der Waals surface area (Å²) in [5, 5.41) is 0. The van der Waals surface area contributed by atoms with Crippen LogP contribution in [0.25, 0.3) is 11.2 Å². The van der Waals surface area contributed by atoms with E-state index in [1.807, 2.05) is 0 Å². The lowest BCUT2D eigenvalue weighted by atomic mass is 10.2. The van der Waals surface area contributed by atoms with E-state index >= 15 is 0 Å². The van der Waals surface area contributed by atoms with E-state index in [2.05, 4.69) is 42.5 Å². The molecule has 0 saturated heterocycles. The Balaban J connectivity index is 2.41. The first-order chi connectivity index (χ1) is 8.65. The van der Waals surface area contributed by atoms with E-state index in [-0.39, 0.29) is 5.69 Å². The number of carbonyl (C=O) groups is 1. The van der Waals surface area contributed by atoms with Crippen molar-refractivity contribution in [3.63, 3.8) is 0 Å². The first kappa shape index (κ1) is 13.0. The fraction of sp³-hybridized carbons (Fsp3) is 0.417. The van der Waals surface area contributed by atoms with Crippen LogP contribution in [0.1, 0.15) is 36.1 Å².